The van der Waals surface area contributed by atoms with Gasteiger partial charge in [0.05, 0.1) is 52.4 Å². The number of carboxylic acid groups (broad SMARTS) is 10. The monoisotopic (exact) mass is 1500 g/mol. The lowest BCUT2D eigenvalue weighted by Gasteiger charge is -2.33. The van der Waals surface area contributed by atoms with Crippen LogP contribution in [0, 0.1) is 0 Å². The van der Waals surface area contributed by atoms with Gasteiger partial charge >= 0.3 is 65.7 Å². The maximum absolute atomic E-state index is 14.2. The van der Waals surface area contributed by atoms with Gasteiger partial charge in [0.2, 0.25) is 29.5 Å². The zero-order valence-corrected chi connectivity index (χ0v) is 59.5. The smallest absolute Gasteiger partial charge is 0.326 e. The van der Waals surface area contributed by atoms with E-state index >= 15 is 0 Å². The van der Waals surface area contributed by atoms with Gasteiger partial charge in [0.1, 0.15) is 24.2 Å². The minimum absolute atomic E-state index is 0.0420. The highest BCUT2D eigenvalue weighted by Crippen LogP contribution is 2.11. The maximum atomic E-state index is 14.2. The fraction of sp³-hybridized carbons (Fsp3) is 0.750. The molecule has 0 spiro atoms. The molecule has 2 fully saturated rings. The Balaban J connectivity index is 2.08. The van der Waals surface area contributed by atoms with E-state index in [4.69, 9.17) is 5.11 Å². The van der Waals surface area contributed by atoms with E-state index in [1.54, 1.807) is 39.2 Å². The van der Waals surface area contributed by atoms with Crippen LogP contribution >= 0.6 is 0 Å². The van der Waals surface area contributed by atoms with E-state index in [2.05, 4.69) is 31.9 Å². The maximum Gasteiger partial charge on any atom is 0.326 e. The molecule has 0 aromatic rings. The van der Waals surface area contributed by atoms with Gasteiger partial charge in [-0.05, 0) is 77.0 Å². The van der Waals surface area contributed by atoms with Crippen LogP contribution in [0.25, 0.3) is 0 Å². The Hall–Kier alpha value is -9.00. The highest BCUT2D eigenvalue weighted by atomic mass is 16.4. The van der Waals surface area contributed by atoms with Gasteiger partial charge in [0.15, 0.2) is 0 Å². The van der Waals surface area contributed by atoms with Crippen LogP contribution in [0.5, 0.6) is 0 Å². The van der Waals surface area contributed by atoms with E-state index < -0.39 is 134 Å². The van der Waals surface area contributed by atoms with Crippen LogP contribution in [0.1, 0.15) is 109 Å². The normalized spacial score (nSPS) is 16.8. The minimum Gasteiger partial charge on any atom is -0.481 e. The van der Waals surface area contributed by atoms with E-state index in [0.717, 1.165) is 0 Å². The van der Waals surface area contributed by atoms with E-state index in [-0.39, 0.29) is 233 Å². The van der Waals surface area contributed by atoms with Crippen molar-refractivity contribution in [3.63, 3.8) is 0 Å². The Morgan fingerprint density at radius 2 is 0.495 bits per heavy atom. The Kier molecular flexibility index (Phi) is 46.4. The molecule has 0 aliphatic carbocycles. The van der Waals surface area contributed by atoms with E-state index in [1.807, 2.05) is 5.32 Å². The standard InChI is InChI=1S/C64H109N15O26/c80-49(14-3-1-2-4-15-50(81)66-19-10-7-13-47(62(101)102)70-64(105)71-48(63(103)104)16-17-53(84)85)65-18-9-6-12-46(61(99)100)69-60(98)45(68-52(83)38-73-23-27-76(41-56(90)91)31-35-79(44-59(96)97)36-32-77(28-24-73)42-57(92)93)11-5-8-20-67-51(82)37-72-21-25-74(39-54(86)87)29-33-78(43-58(94)95)34-30-75(26-22-72)40-55(88)89/h45-48H,1-44H2,(H,65,80)(H,66,81)(H,67,82)(H,68,83)(H,69,98)(H,84,85)(H,86,87)(H,88,89)(H,90,91)(H,92,93)(H,94,95)(H,96,97)(H,99,100)(H,101,102)(H,103,104)(H2,70,71,105)/t45?,46?,47-,48?/m0/s1. The summed E-state index contributed by atoms with van der Waals surface area (Å²) in [6.45, 7) is -0.270. The number of carbonyl (C=O) groups is 16. The number of urea groups is 1. The molecule has 0 saturated carbocycles. The summed E-state index contributed by atoms with van der Waals surface area (Å²) in [5.41, 5.74) is 0. The first-order valence-electron chi connectivity index (χ1n) is 35.2. The summed E-state index contributed by atoms with van der Waals surface area (Å²) in [7, 11) is 0. The lowest BCUT2D eigenvalue weighted by atomic mass is 10.1. The van der Waals surface area contributed by atoms with Crippen LogP contribution < -0.4 is 37.2 Å². The van der Waals surface area contributed by atoms with Crippen LogP contribution in [0.4, 0.5) is 4.79 Å². The summed E-state index contributed by atoms with van der Waals surface area (Å²) in [5, 5.41) is 113. The van der Waals surface area contributed by atoms with Crippen LogP contribution in [-0.4, -0.2) is 386 Å². The first kappa shape index (κ1) is 92.1. The molecule has 4 atom stereocenters. The van der Waals surface area contributed by atoms with Gasteiger partial charge in [-0.25, -0.2) is 19.2 Å². The molecule has 0 bridgehead atoms. The second-order valence-corrected chi connectivity index (χ2v) is 25.9. The SMILES string of the molecule is O=C(O)CCC(NC(=O)N[C@@H](CCCCNC(=O)CCCCCCC(=O)NCCCCC(NC(=O)C(CCCCNC(=O)CN1CCN(CC(=O)O)CCN(CC(=O)O)CCN(CC(=O)O)CC1)NC(=O)CN1CCN(CC(=O)O)CCN(CC(=O)O)CCN(CC(=O)O)CC1)C(=O)O)C(=O)O)C(=O)O. The highest BCUT2D eigenvalue weighted by molar-refractivity contribution is 5.91. The number of carbonyl (C=O) groups excluding carboxylic acids is 6. The summed E-state index contributed by atoms with van der Waals surface area (Å²) in [5.74, 6) is -14.9. The van der Waals surface area contributed by atoms with Crippen molar-refractivity contribution in [1.82, 2.24) is 76.4 Å². The summed E-state index contributed by atoms with van der Waals surface area (Å²) >= 11 is 0. The Morgan fingerprint density at radius 3 is 0.781 bits per heavy atom. The topological polar surface area (TPSA) is 586 Å². The quantitative estimate of drug-likeness (QED) is 0.0254. The lowest BCUT2D eigenvalue weighted by Crippen LogP contribution is -2.54. The van der Waals surface area contributed by atoms with Crippen molar-refractivity contribution in [2.75, 3.05) is 177 Å². The average Bonchev–Trinajstić information content (AvgIpc) is 0.893. The third kappa shape index (κ3) is 46.5. The fourth-order valence-corrected chi connectivity index (χ4v) is 11.4. The van der Waals surface area contributed by atoms with Crippen molar-refractivity contribution in [1.29, 1.82) is 0 Å². The van der Waals surface area contributed by atoms with Gasteiger partial charge in [0, 0.05) is 144 Å². The third-order valence-corrected chi connectivity index (χ3v) is 17.2. The molecule has 2 aliphatic rings. The number of nitrogens with one attached hydrogen (secondary N) is 7. The summed E-state index contributed by atoms with van der Waals surface area (Å²) in [4.78, 5) is 209. The number of hydrogen-bond acceptors (Lipinski definition) is 24. The van der Waals surface area contributed by atoms with Crippen LogP contribution in [-0.2, 0) is 71.9 Å². The largest absolute Gasteiger partial charge is 0.481 e. The first-order chi connectivity index (χ1) is 49.8. The number of aliphatic carboxylic acids is 10. The van der Waals surface area contributed by atoms with Crippen LogP contribution in [0.15, 0.2) is 0 Å². The molecule has 17 N–H and O–H groups in total. The number of rotatable bonds is 49. The molecular formula is C64H109N15O26. The van der Waals surface area contributed by atoms with Gasteiger partial charge in [-0.2, -0.15) is 0 Å². The molecule has 105 heavy (non-hydrogen) atoms. The molecule has 2 heterocycles. The third-order valence-electron chi connectivity index (χ3n) is 17.2. The zero-order chi connectivity index (χ0) is 78.2. The molecule has 41 heteroatoms. The first-order valence-corrected chi connectivity index (χ1v) is 35.2. The molecule has 7 amide bonds. The molecule has 596 valence electrons. The molecule has 0 aromatic carbocycles. The van der Waals surface area contributed by atoms with Crippen LogP contribution in [0.3, 0.4) is 0 Å². The number of amides is 7. The van der Waals surface area contributed by atoms with Gasteiger partial charge in [0.25, 0.3) is 0 Å². The van der Waals surface area contributed by atoms with Crippen molar-refractivity contribution in [3.05, 3.63) is 0 Å². The van der Waals surface area contributed by atoms with Crippen molar-refractivity contribution >= 4 is 95.3 Å². The van der Waals surface area contributed by atoms with E-state index in [1.165, 1.54) is 0 Å². The molecule has 2 rings (SSSR count). The Morgan fingerprint density at radius 1 is 0.238 bits per heavy atom. The molecular weight excluding hydrogens is 1390 g/mol. The number of hydrogen-bond donors (Lipinski definition) is 17. The highest BCUT2D eigenvalue weighted by Gasteiger charge is 2.30. The zero-order valence-electron chi connectivity index (χ0n) is 59.5. The number of carboxylic acids is 10. The molecule has 41 nitrogen and oxygen atoms in total. The van der Waals surface area contributed by atoms with Gasteiger partial charge < -0.3 is 88.3 Å². The molecule has 3 unspecified atom stereocenters. The van der Waals surface area contributed by atoms with Crippen molar-refractivity contribution in [2.45, 2.75) is 133 Å². The molecule has 0 aromatic heterocycles. The second-order valence-electron chi connectivity index (χ2n) is 25.9. The van der Waals surface area contributed by atoms with Gasteiger partial charge in [-0.1, -0.05) is 12.8 Å². The molecule has 2 aliphatic heterocycles. The van der Waals surface area contributed by atoms with Crippen molar-refractivity contribution in [2.24, 2.45) is 0 Å². The summed E-state index contributed by atoms with van der Waals surface area (Å²) < 4.78 is 0. The predicted molar refractivity (Wildman–Crippen MR) is 369 cm³/mol. The number of unbranched alkanes of at least 4 members (excludes halogenated alkanes) is 6. The van der Waals surface area contributed by atoms with Crippen LogP contribution in [0.2, 0.25) is 0 Å². The summed E-state index contributed by atoms with van der Waals surface area (Å²) in [6, 6.07) is -6.83. The fourth-order valence-electron chi connectivity index (χ4n) is 11.4. The number of nitrogens with zero attached hydrogens (tertiary/aromatic N) is 8. The summed E-state index contributed by atoms with van der Waals surface area (Å²) in [6.07, 6.45) is 3.06. The molecule has 0 radical (unpaired) electrons. The van der Waals surface area contributed by atoms with E-state index in [9.17, 15) is 123 Å². The van der Waals surface area contributed by atoms with Crippen molar-refractivity contribution < 1.29 is 128 Å². The Labute approximate surface area is 607 Å². The minimum atomic E-state index is -1.55. The Bertz CT molecular complexity index is 2760. The van der Waals surface area contributed by atoms with Gasteiger partial charge in [-0.3, -0.25) is 96.7 Å². The average molecular weight is 1500 g/mol. The predicted octanol–water partition coefficient (Wildman–Crippen LogP) is -4.74. The van der Waals surface area contributed by atoms with E-state index in [0.29, 0.717) is 38.5 Å². The van der Waals surface area contributed by atoms with Gasteiger partial charge in [-0.15, -0.1) is 0 Å². The lowest BCUT2D eigenvalue weighted by molar-refractivity contribution is -0.143. The second kappa shape index (κ2) is 52.9. The van der Waals surface area contributed by atoms with Crippen molar-refractivity contribution in [3.8, 4) is 0 Å². The molecule has 2 saturated heterocycles.